The number of aryl methyl sites for hydroxylation is 1. The van der Waals surface area contributed by atoms with E-state index in [9.17, 15) is 0 Å². The van der Waals surface area contributed by atoms with Crippen LogP contribution in [-0.2, 0) is 6.42 Å². The number of para-hydroxylation sites is 2. The molecule has 3 heteroatoms. The van der Waals surface area contributed by atoms with Gasteiger partial charge >= 0.3 is 0 Å². The summed E-state index contributed by atoms with van der Waals surface area (Å²) in [6.45, 7) is 6.21. The van der Waals surface area contributed by atoms with Crippen LogP contribution < -0.4 is 5.73 Å². The Morgan fingerprint density at radius 3 is 2.45 bits per heavy atom. The van der Waals surface area contributed by atoms with Gasteiger partial charge in [-0.1, -0.05) is 91.7 Å². The first kappa shape index (κ1) is 20.9. The summed E-state index contributed by atoms with van der Waals surface area (Å²) in [5.74, 6) is 0.588. The van der Waals surface area contributed by atoms with Crippen LogP contribution in [0.4, 0.5) is 5.95 Å². The fourth-order valence-corrected chi connectivity index (χ4v) is 4.50. The highest BCUT2D eigenvalue weighted by atomic mass is 15.2. The first-order valence-corrected chi connectivity index (χ1v) is 11.2. The van der Waals surface area contributed by atoms with Crippen LogP contribution in [-0.4, -0.2) is 9.55 Å². The Kier molecular flexibility index (Phi) is 6.51. The highest BCUT2D eigenvalue weighted by Crippen LogP contribution is 2.31. The molecule has 2 N–H and O–H groups in total. The van der Waals surface area contributed by atoms with Crippen LogP contribution in [0, 0.1) is 0 Å². The number of nitrogens with zero attached hydrogens (tertiary/aromatic N) is 2. The predicted molar refractivity (Wildman–Crippen MR) is 134 cm³/mol. The zero-order chi connectivity index (χ0) is 21.6. The van der Waals surface area contributed by atoms with Crippen LogP contribution in [0.1, 0.15) is 56.8 Å². The zero-order valence-corrected chi connectivity index (χ0v) is 18.3. The maximum absolute atomic E-state index is 6.39. The van der Waals surface area contributed by atoms with Gasteiger partial charge in [0.1, 0.15) is 0 Å². The third-order valence-electron chi connectivity index (χ3n) is 6.02. The number of hydrogen-bond acceptors (Lipinski definition) is 2. The number of benzene rings is 3. The second kappa shape index (κ2) is 9.65. The van der Waals surface area contributed by atoms with Gasteiger partial charge in [0.2, 0.25) is 5.95 Å². The van der Waals surface area contributed by atoms with Crippen LogP contribution >= 0.6 is 0 Å². The third-order valence-corrected chi connectivity index (χ3v) is 6.02. The van der Waals surface area contributed by atoms with Gasteiger partial charge in [0.25, 0.3) is 0 Å². The number of anilines is 1. The Labute approximate surface area is 186 Å². The fraction of sp³-hybridized carbons (Fsp3) is 0.250. The van der Waals surface area contributed by atoms with E-state index in [1.54, 1.807) is 0 Å². The van der Waals surface area contributed by atoms with Gasteiger partial charge in [-0.3, -0.25) is 0 Å². The number of imidazole rings is 1. The molecule has 0 radical (unpaired) electrons. The van der Waals surface area contributed by atoms with Crippen molar-refractivity contribution in [3.63, 3.8) is 0 Å². The largest absolute Gasteiger partial charge is 0.369 e. The molecule has 0 fully saturated rings. The monoisotopic (exact) mass is 411 g/mol. The Morgan fingerprint density at radius 2 is 1.65 bits per heavy atom. The quantitative estimate of drug-likeness (QED) is 0.294. The van der Waals surface area contributed by atoms with E-state index >= 15 is 0 Å². The molecular weight excluding hydrogens is 378 g/mol. The van der Waals surface area contributed by atoms with E-state index in [4.69, 9.17) is 5.73 Å². The lowest BCUT2D eigenvalue weighted by atomic mass is 9.95. The van der Waals surface area contributed by atoms with Crippen molar-refractivity contribution in [3.05, 3.63) is 102 Å². The van der Waals surface area contributed by atoms with Crippen molar-refractivity contribution in [1.29, 1.82) is 0 Å². The summed E-state index contributed by atoms with van der Waals surface area (Å²) in [7, 11) is 0. The summed E-state index contributed by atoms with van der Waals surface area (Å²) in [4.78, 5) is 4.60. The molecule has 1 unspecified atom stereocenters. The molecule has 31 heavy (non-hydrogen) atoms. The van der Waals surface area contributed by atoms with Crippen molar-refractivity contribution in [1.82, 2.24) is 9.55 Å². The molecule has 0 saturated carbocycles. The molecule has 4 rings (SSSR count). The highest BCUT2D eigenvalue weighted by molar-refractivity contribution is 5.78. The SMILES string of the molecule is C=C(C)c1ccccc1CCCCCC(c1ccccc1)n1c(N)nc2ccccc21.[HH]. The molecular formula is C28H33N3. The van der Waals surface area contributed by atoms with Gasteiger partial charge in [-0.05, 0) is 55.0 Å². The van der Waals surface area contributed by atoms with E-state index in [1.165, 1.54) is 29.5 Å². The Balaban J connectivity index is 0.00000289. The number of hydrogen-bond donors (Lipinski definition) is 1. The minimum Gasteiger partial charge on any atom is -0.369 e. The van der Waals surface area contributed by atoms with Gasteiger partial charge < -0.3 is 10.3 Å². The molecule has 3 nitrogen and oxygen atoms in total. The molecule has 0 amide bonds. The van der Waals surface area contributed by atoms with Crippen molar-refractivity contribution in [2.75, 3.05) is 5.73 Å². The van der Waals surface area contributed by atoms with Crippen molar-refractivity contribution >= 4 is 22.6 Å². The van der Waals surface area contributed by atoms with E-state index in [0.29, 0.717) is 5.95 Å². The molecule has 0 aliphatic carbocycles. The number of nitrogens with two attached hydrogens (primary N) is 1. The van der Waals surface area contributed by atoms with Crippen molar-refractivity contribution in [3.8, 4) is 0 Å². The van der Waals surface area contributed by atoms with Gasteiger partial charge in [-0.25, -0.2) is 4.98 Å². The maximum atomic E-state index is 6.39. The second-order valence-electron chi connectivity index (χ2n) is 8.29. The number of rotatable bonds is 9. The van der Waals surface area contributed by atoms with Gasteiger partial charge in [0.05, 0.1) is 17.1 Å². The Bertz CT molecular complexity index is 1160. The lowest BCUT2D eigenvalue weighted by Gasteiger charge is -2.21. The van der Waals surface area contributed by atoms with Crippen LogP contribution in [0.3, 0.4) is 0 Å². The van der Waals surface area contributed by atoms with Gasteiger partial charge in [-0.15, -0.1) is 0 Å². The average molecular weight is 412 g/mol. The molecule has 1 heterocycles. The van der Waals surface area contributed by atoms with Gasteiger partial charge in [-0.2, -0.15) is 0 Å². The van der Waals surface area contributed by atoms with Crippen LogP contribution in [0.25, 0.3) is 16.6 Å². The summed E-state index contributed by atoms with van der Waals surface area (Å²) in [6, 6.07) is 27.7. The number of allylic oxidation sites excluding steroid dienone is 1. The fourth-order valence-electron chi connectivity index (χ4n) is 4.50. The normalized spacial score (nSPS) is 12.2. The number of nitrogen functional groups attached to an aromatic ring is 1. The maximum Gasteiger partial charge on any atom is 0.201 e. The zero-order valence-electron chi connectivity index (χ0n) is 18.3. The van der Waals surface area contributed by atoms with Crippen LogP contribution in [0.5, 0.6) is 0 Å². The smallest absolute Gasteiger partial charge is 0.201 e. The summed E-state index contributed by atoms with van der Waals surface area (Å²) in [5, 5.41) is 0. The topological polar surface area (TPSA) is 43.8 Å². The number of fused-ring (bicyclic) bond motifs is 1. The van der Waals surface area contributed by atoms with Crippen LogP contribution in [0.2, 0.25) is 0 Å². The van der Waals surface area contributed by atoms with E-state index in [0.717, 1.165) is 35.9 Å². The highest BCUT2D eigenvalue weighted by Gasteiger charge is 2.19. The summed E-state index contributed by atoms with van der Waals surface area (Å²) in [5.41, 5.74) is 13.6. The molecule has 1 atom stereocenters. The molecule has 0 spiro atoms. The third kappa shape index (κ3) is 4.72. The molecule has 4 aromatic rings. The Morgan fingerprint density at radius 1 is 0.935 bits per heavy atom. The van der Waals surface area contributed by atoms with Crippen molar-refractivity contribution in [2.45, 2.75) is 45.1 Å². The van der Waals surface area contributed by atoms with Gasteiger partial charge in [0.15, 0.2) is 0 Å². The molecule has 0 saturated heterocycles. The van der Waals surface area contributed by atoms with Crippen LogP contribution in [0.15, 0.2) is 85.4 Å². The lowest BCUT2D eigenvalue weighted by molar-refractivity contribution is 0.514. The number of aromatic nitrogens is 2. The molecule has 0 aliphatic heterocycles. The first-order chi connectivity index (χ1) is 15.1. The van der Waals surface area contributed by atoms with E-state index in [1.807, 2.05) is 12.1 Å². The second-order valence-corrected chi connectivity index (χ2v) is 8.29. The lowest BCUT2D eigenvalue weighted by Crippen LogP contribution is -2.13. The number of unbranched alkanes of at least 4 members (excludes halogenated alkanes) is 2. The van der Waals surface area contributed by atoms with E-state index in [2.05, 4.69) is 89.8 Å². The van der Waals surface area contributed by atoms with Gasteiger partial charge in [0, 0.05) is 1.43 Å². The first-order valence-electron chi connectivity index (χ1n) is 11.2. The molecule has 0 bridgehead atoms. The van der Waals surface area contributed by atoms with E-state index in [-0.39, 0.29) is 7.47 Å². The average Bonchev–Trinajstić information content (AvgIpc) is 3.12. The van der Waals surface area contributed by atoms with E-state index < -0.39 is 0 Å². The summed E-state index contributed by atoms with van der Waals surface area (Å²) in [6.07, 6.45) is 5.62. The summed E-state index contributed by atoms with van der Waals surface area (Å²) < 4.78 is 2.21. The standard InChI is InChI=1S/C28H31N3.H2/c1-21(2)24-17-10-9-14-22(24)13-5-4-8-19-26(23-15-6-3-7-16-23)31-27-20-12-11-18-25(27)30-28(31)29;/h3,6-7,9-12,14-18,20,26H,1,4-5,8,13,19H2,2H3,(H2,29,30);1H. The molecule has 160 valence electrons. The summed E-state index contributed by atoms with van der Waals surface area (Å²) >= 11 is 0. The predicted octanol–water partition coefficient (Wildman–Crippen LogP) is 7.29. The Hall–Kier alpha value is -3.33. The minimum atomic E-state index is 0. The minimum absolute atomic E-state index is 0. The van der Waals surface area contributed by atoms with Crippen molar-refractivity contribution in [2.24, 2.45) is 0 Å². The van der Waals surface area contributed by atoms with Crippen molar-refractivity contribution < 1.29 is 1.43 Å². The molecule has 1 aromatic heterocycles. The molecule has 0 aliphatic rings. The molecule has 3 aromatic carbocycles.